The van der Waals surface area contributed by atoms with Crippen LogP contribution in [0.25, 0.3) is 0 Å². The standard InChI is InChI=1S/C18H25F2NO3/c1-3-4-14-9-13(7-8-24-14)18(23)21-11(2)17(22)12-5-6-15(19)16(20)10-12/h5-6,10-11,13-14,17,22H,3-4,7-9H2,1-2H3,(H,21,23). The van der Waals surface area contributed by atoms with Crippen LogP contribution in [0.4, 0.5) is 8.78 Å². The van der Waals surface area contributed by atoms with Crippen LogP contribution in [0, 0.1) is 17.6 Å². The summed E-state index contributed by atoms with van der Waals surface area (Å²) in [4.78, 5) is 12.4. The van der Waals surface area contributed by atoms with Gasteiger partial charge in [0.15, 0.2) is 11.6 Å². The molecule has 134 valence electrons. The molecule has 2 N–H and O–H groups in total. The normalized spacial score (nSPS) is 23.5. The third-order valence-electron chi connectivity index (χ3n) is 4.48. The van der Waals surface area contributed by atoms with Crippen LogP contribution in [-0.2, 0) is 9.53 Å². The Kier molecular flexibility index (Phi) is 6.69. The van der Waals surface area contributed by atoms with Gasteiger partial charge < -0.3 is 15.2 Å². The van der Waals surface area contributed by atoms with Crippen LogP contribution in [0.2, 0.25) is 0 Å². The van der Waals surface area contributed by atoms with E-state index in [1.54, 1.807) is 6.92 Å². The minimum Gasteiger partial charge on any atom is -0.386 e. The number of aliphatic hydroxyl groups is 1. The minimum absolute atomic E-state index is 0.103. The Balaban J connectivity index is 1.93. The van der Waals surface area contributed by atoms with Crippen LogP contribution < -0.4 is 5.32 Å². The van der Waals surface area contributed by atoms with Crippen LogP contribution in [0.3, 0.4) is 0 Å². The molecule has 24 heavy (non-hydrogen) atoms. The molecule has 4 atom stereocenters. The Hall–Kier alpha value is -1.53. The van der Waals surface area contributed by atoms with Crippen molar-refractivity contribution < 1.29 is 23.4 Å². The second-order valence-electron chi connectivity index (χ2n) is 6.42. The van der Waals surface area contributed by atoms with Gasteiger partial charge in [0, 0.05) is 12.5 Å². The number of nitrogens with one attached hydrogen (secondary N) is 1. The highest BCUT2D eigenvalue weighted by molar-refractivity contribution is 5.79. The van der Waals surface area contributed by atoms with Crippen LogP contribution in [0.1, 0.15) is 51.2 Å². The highest BCUT2D eigenvalue weighted by Crippen LogP contribution is 2.25. The van der Waals surface area contributed by atoms with Crippen molar-refractivity contribution in [1.29, 1.82) is 0 Å². The van der Waals surface area contributed by atoms with Gasteiger partial charge in [-0.15, -0.1) is 0 Å². The summed E-state index contributed by atoms with van der Waals surface area (Å²) in [6.45, 7) is 4.28. The first-order chi connectivity index (χ1) is 11.4. The summed E-state index contributed by atoms with van der Waals surface area (Å²) in [7, 11) is 0. The van der Waals surface area contributed by atoms with Crippen LogP contribution in [0.5, 0.6) is 0 Å². The van der Waals surface area contributed by atoms with E-state index in [2.05, 4.69) is 12.2 Å². The molecule has 1 fully saturated rings. The minimum atomic E-state index is -1.10. The van der Waals surface area contributed by atoms with Crippen molar-refractivity contribution >= 4 is 5.91 Å². The summed E-state index contributed by atoms with van der Waals surface area (Å²) in [6.07, 6.45) is 2.26. The fraction of sp³-hybridized carbons (Fsp3) is 0.611. The average Bonchev–Trinajstić information content (AvgIpc) is 2.57. The molecule has 0 spiro atoms. The maximum atomic E-state index is 13.3. The fourth-order valence-corrected chi connectivity index (χ4v) is 3.05. The summed E-state index contributed by atoms with van der Waals surface area (Å²) in [5.41, 5.74) is 0.234. The number of benzene rings is 1. The molecule has 0 saturated carbocycles. The topological polar surface area (TPSA) is 58.6 Å². The van der Waals surface area contributed by atoms with E-state index < -0.39 is 23.8 Å². The summed E-state index contributed by atoms with van der Waals surface area (Å²) in [5, 5.41) is 13.0. The summed E-state index contributed by atoms with van der Waals surface area (Å²) in [5.74, 6) is -2.26. The summed E-state index contributed by atoms with van der Waals surface area (Å²) < 4.78 is 31.9. The molecule has 1 heterocycles. The molecule has 0 radical (unpaired) electrons. The number of halogens is 2. The molecule has 1 aliphatic rings. The molecule has 0 aromatic heterocycles. The second kappa shape index (κ2) is 8.53. The molecule has 4 unspecified atom stereocenters. The van der Waals surface area contributed by atoms with Gasteiger partial charge in [-0.3, -0.25) is 4.79 Å². The van der Waals surface area contributed by atoms with Gasteiger partial charge in [0.2, 0.25) is 5.91 Å². The maximum Gasteiger partial charge on any atom is 0.223 e. The number of carbonyl (C=O) groups is 1. The zero-order valence-electron chi connectivity index (χ0n) is 14.1. The zero-order valence-corrected chi connectivity index (χ0v) is 14.1. The molecule has 4 nitrogen and oxygen atoms in total. The monoisotopic (exact) mass is 341 g/mol. The Bertz CT molecular complexity index is 565. The smallest absolute Gasteiger partial charge is 0.223 e. The second-order valence-corrected chi connectivity index (χ2v) is 6.42. The number of rotatable bonds is 6. The molecule has 0 bridgehead atoms. The predicted molar refractivity (Wildman–Crippen MR) is 86.3 cm³/mol. The van der Waals surface area contributed by atoms with E-state index >= 15 is 0 Å². The quantitative estimate of drug-likeness (QED) is 0.836. The first-order valence-electron chi connectivity index (χ1n) is 8.47. The van der Waals surface area contributed by atoms with Gasteiger partial charge in [-0.1, -0.05) is 19.4 Å². The van der Waals surface area contributed by atoms with Crippen molar-refractivity contribution in [2.24, 2.45) is 5.92 Å². The van der Waals surface area contributed by atoms with E-state index in [1.807, 2.05) is 0 Å². The highest BCUT2D eigenvalue weighted by Gasteiger charge is 2.29. The number of carbonyl (C=O) groups excluding carboxylic acids is 1. The lowest BCUT2D eigenvalue weighted by Gasteiger charge is -2.30. The number of hydrogen-bond donors (Lipinski definition) is 2. The third kappa shape index (κ3) is 4.74. The Morgan fingerprint density at radius 3 is 2.83 bits per heavy atom. The van der Waals surface area contributed by atoms with E-state index in [4.69, 9.17) is 4.74 Å². The SMILES string of the molecule is CCCC1CC(C(=O)NC(C)C(O)c2ccc(F)c(F)c2)CCO1. The lowest BCUT2D eigenvalue weighted by molar-refractivity contribution is -0.131. The first kappa shape index (κ1) is 18.8. The van der Waals surface area contributed by atoms with Gasteiger partial charge >= 0.3 is 0 Å². The molecule has 1 saturated heterocycles. The number of amides is 1. The number of aliphatic hydroxyl groups excluding tert-OH is 1. The first-order valence-corrected chi connectivity index (χ1v) is 8.47. The van der Waals surface area contributed by atoms with Crippen molar-refractivity contribution in [3.05, 3.63) is 35.4 Å². The van der Waals surface area contributed by atoms with E-state index in [-0.39, 0.29) is 23.5 Å². The van der Waals surface area contributed by atoms with Crippen molar-refractivity contribution in [3.63, 3.8) is 0 Å². The van der Waals surface area contributed by atoms with Gasteiger partial charge in [0.05, 0.1) is 18.2 Å². The van der Waals surface area contributed by atoms with E-state index in [0.29, 0.717) is 19.4 Å². The van der Waals surface area contributed by atoms with Gasteiger partial charge in [-0.2, -0.15) is 0 Å². The summed E-state index contributed by atoms with van der Waals surface area (Å²) >= 11 is 0. The Labute approximate surface area is 141 Å². The molecule has 1 amide bonds. The van der Waals surface area contributed by atoms with E-state index in [9.17, 15) is 18.7 Å². The van der Waals surface area contributed by atoms with Crippen LogP contribution in [-0.4, -0.2) is 29.8 Å². The molecule has 0 aliphatic carbocycles. The van der Waals surface area contributed by atoms with Crippen molar-refractivity contribution in [3.8, 4) is 0 Å². The number of hydrogen-bond acceptors (Lipinski definition) is 3. The van der Waals surface area contributed by atoms with Gasteiger partial charge in [0.25, 0.3) is 0 Å². The highest BCUT2D eigenvalue weighted by atomic mass is 19.2. The average molecular weight is 341 g/mol. The largest absolute Gasteiger partial charge is 0.386 e. The predicted octanol–water partition coefficient (Wildman–Crippen LogP) is 3.10. The zero-order chi connectivity index (χ0) is 17.7. The van der Waals surface area contributed by atoms with Gasteiger partial charge in [-0.05, 0) is 43.9 Å². The molecule has 1 aromatic rings. The lowest BCUT2D eigenvalue weighted by Crippen LogP contribution is -2.43. The van der Waals surface area contributed by atoms with Crippen molar-refractivity contribution in [2.45, 2.75) is 57.8 Å². The molecular formula is C18H25F2NO3. The van der Waals surface area contributed by atoms with E-state index in [1.165, 1.54) is 6.07 Å². The van der Waals surface area contributed by atoms with Gasteiger partial charge in [-0.25, -0.2) is 8.78 Å². The molecule has 1 aliphatic heterocycles. The summed E-state index contributed by atoms with van der Waals surface area (Å²) in [6, 6.07) is 2.64. The molecular weight excluding hydrogens is 316 g/mol. The Morgan fingerprint density at radius 1 is 1.42 bits per heavy atom. The Morgan fingerprint density at radius 2 is 2.17 bits per heavy atom. The van der Waals surface area contributed by atoms with E-state index in [0.717, 1.165) is 25.0 Å². The van der Waals surface area contributed by atoms with Crippen LogP contribution >= 0.6 is 0 Å². The molecule has 6 heteroatoms. The van der Waals surface area contributed by atoms with Crippen molar-refractivity contribution in [2.75, 3.05) is 6.61 Å². The van der Waals surface area contributed by atoms with Crippen LogP contribution in [0.15, 0.2) is 18.2 Å². The molecule has 1 aromatic carbocycles. The van der Waals surface area contributed by atoms with Crippen molar-refractivity contribution in [1.82, 2.24) is 5.32 Å². The van der Waals surface area contributed by atoms with Gasteiger partial charge in [0.1, 0.15) is 0 Å². The fourth-order valence-electron chi connectivity index (χ4n) is 3.05. The lowest BCUT2D eigenvalue weighted by atomic mass is 9.92. The maximum absolute atomic E-state index is 13.3. The molecule has 2 rings (SSSR count). The number of ether oxygens (including phenoxy) is 1. The third-order valence-corrected chi connectivity index (χ3v) is 4.48.